The molecule has 24 heavy (non-hydrogen) atoms. The van der Waals surface area contributed by atoms with Crippen LogP contribution in [0.5, 0.6) is 0 Å². The lowest BCUT2D eigenvalue weighted by Crippen LogP contribution is -2.38. The maximum atomic E-state index is 11.8. The Kier molecular flexibility index (Phi) is 4.82. The van der Waals surface area contributed by atoms with E-state index in [0.717, 1.165) is 35.6 Å². The Morgan fingerprint density at radius 2 is 2.08 bits per heavy atom. The van der Waals surface area contributed by atoms with Crippen LogP contribution in [0.15, 0.2) is 36.7 Å². The first-order valence-corrected chi connectivity index (χ1v) is 9.88. The maximum Gasteiger partial charge on any atom is 0.211 e. The first kappa shape index (κ1) is 16.9. The summed E-state index contributed by atoms with van der Waals surface area (Å²) in [6, 6.07) is 7.84. The predicted molar refractivity (Wildman–Crippen MR) is 94.9 cm³/mol. The zero-order valence-corrected chi connectivity index (χ0v) is 14.8. The Balaban J connectivity index is 1.79. The molecule has 1 aliphatic heterocycles. The molecule has 0 saturated carbocycles. The highest BCUT2D eigenvalue weighted by Crippen LogP contribution is 2.29. The second-order valence-electron chi connectivity index (χ2n) is 6.23. The molecule has 2 aromatic heterocycles. The van der Waals surface area contributed by atoms with Crippen LogP contribution in [0, 0.1) is 6.92 Å². The molecule has 0 aliphatic carbocycles. The van der Waals surface area contributed by atoms with Crippen LogP contribution >= 0.6 is 0 Å². The largest absolute Gasteiger partial charge is 0.325 e. The van der Waals surface area contributed by atoms with Crippen LogP contribution in [0.4, 0.5) is 11.6 Å². The van der Waals surface area contributed by atoms with Crippen molar-refractivity contribution in [3.63, 3.8) is 0 Å². The number of nitrogens with zero attached hydrogens (tertiary/aromatic N) is 3. The van der Waals surface area contributed by atoms with Gasteiger partial charge in [-0.2, -0.15) is 0 Å². The molecule has 7 heteroatoms. The summed E-state index contributed by atoms with van der Waals surface area (Å²) in [5.41, 5.74) is 2.15. The van der Waals surface area contributed by atoms with Gasteiger partial charge in [0.05, 0.1) is 6.26 Å². The third-order valence-corrected chi connectivity index (χ3v) is 5.63. The number of hydrogen-bond acceptors (Lipinski definition) is 5. The molecule has 1 saturated heterocycles. The zero-order chi connectivity index (χ0) is 17.2. The van der Waals surface area contributed by atoms with Crippen molar-refractivity contribution in [2.45, 2.75) is 25.7 Å². The molecule has 128 valence electrons. The van der Waals surface area contributed by atoms with Gasteiger partial charge >= 0.3 is 0 Å². The SMILES string of the molecule is Cc1cccnc1Nc1cc(C2CCCN(S(C)(=O)=O)C2)ccn1. The summed E-state index contributed by atoms with van der Waals surface area (Å²) in [7, 11) is -3.14. The summed E-state index contributed by atoms with van der Waals surface area (Å²) in [5.74, 6) is 1.70. The smallest absolute Gasteiger partial charge is 0.211 e. The highest BCUT2D eigenvalue weighted by molar-refractivity contribution is 7.88. The molecule has 0 amide bonds. The Labute approximate surface area is 143 Å². The van der Waals surface area contributed by atoms with Crippen molar-refractivity contribution < 1.29 is 8.42 Å². The molecule has 1 aliphatic rings. The first-order valence-electron chi connectivity index (χ1n) is 8.03. The number of aryl methyl sites for hydroxylation is 1. The van der Waals surface area contributed by atoms with Gasteiger partial charge in [0.2, 0.25) is 10.0 Å². The minimum absolute atomic E-state index is 0.196. The number of nitrogens with one attached hydrogen (secondary N) is 1. The molecular formula is C17H22N4O2S. The zero-order valence-electron chi connectivity index (χ0n) is 13.9. The van der Waals surface area contributed by atoms with E-state index in [1.165, 1.54) is 6.26 Å². The van der Waals surface area contributed by atoms with Crippen molar-refractivity contribution in [3.05, 3.63) is 47.8 Å². The van der Waals surface area contributed by atoms with Gasteiger partial charge in [0.1, 0.15) is 11.6 Å². The number of aromatic nitrogens is 2. The Hall–Kier alpha value is -1.99. The fourth-order valence-electron chi connectivity index (χ4n) is 3.02. The van der Waals surface area contributed by atoms with Crippen LogP contribution in [0.3, 0.4) is 0 Å². The second-order valence-corrected chi connectivity index (χ2v) is 8.21. The quantitative estimate of drug-likeness (QED) is 0.921. The Morgan fingerprint density at radius 3 is 2.83 bits per heavy atom. The topological polar surface area (TPSA) is 75.2 Å². The van der Waals surface area contributed by atoms with E-state index in [2.05, 4.69) is 15.3 Å². The highest BCUT2D eigenvalue weighted by atomic mass is 32.2. The molecule has 0 bridgehead atoms. The molecule has 3 heterocycles. The number of rotatable bonds is 4. The lowest BCUT2D eigenvalue weighted by molar-refractivity contribution is 0.317. The summed E-state index contributed by atoms with van der Waals surface area (Å²) >= 11 is 0. The van der Waals surface area contributed by atoms with E-state index in [0.29, 0.717) is 13.1 Å². The molecule has 1 unspecified atom stereocenters. The monoisotopic (exact) mass is 346 g/mol. The Bertz CT molecular complexity index is 823. The molecule has 1 fully saturated rings. The summed E-state index contributed by atoms with van der Waals surface area (Å²) in [5, 5.41) is 3.24. The van der Waals surface area contributed by atoms with Crippen LogP contribution in [0.25, 0.3) is 0 Å². The average Bonchev–Trinajstić information content (AvgIpc) is 2.57. The summed E-state index contributed by atoms with van der Waals surface area (Å²) < 4.78 is 25.2. The van der Waals surface area contributed by atoms with Gasteiger partial charge in [-0.15, -0.1) is 0 Å². The van der Waals surface area contributed by atoms with Gasteiger partial charge in [-0.3, -0.25) is 0 Å². The van der Waals surface area contributed by atoms with Crippen molar-refractivity contribution in [2.75, 3.05) is 24.7 Å². The lowest BCUT2D eigenvalue weighted by Gasteiger charge is -2.31. The Morgan fingerprint density at radius 1 is 1.25 bits per heavy atom. The van der Waals surface area contributed by atoms with E-state index in [-0.39, 0.29) is 5.92 Å². The number of anilines is 2. The molecule has 3 rings (SSSR count). The van der Waals surface area contributed by atoms with E-state index >= 15 is 0 Å². The van der Waals surface area contributed by atoms with E-state index in [9.17, 15) is 8.42 Å². The van der Waals surface area contributed by atoms with Gasteiger partial charge in [-0.25, -0.2) is 22.7 Å². The first-order chi connectivity index (χ1) is 11.4. The van der Waals surface area contributed by atoms with E-state index in [1.807, 2.05) is 31.2 Å². The number of pyridine rings is 2. The molecule has 0 aromatic carbocycles. The van der Waals surface area contributed by atoms with E-state index < -0.39 is 10.0 Å². The van der Waals surface area contributed by atoms with Crippen molar-refractivity contribution in [1.82, 2.24) is 14.3 Å². The van der Waals surface area contributed by atoms with E-state index in [1.54, 1.807) is 16.7 Å². The molecule has 2 aromatic rings. The van der Waals surface area contributed by atoms with Gasteiger partial charge in [-0.1, -0.05) is 6.07 Å². The molecule has 0 spiro atoms. The summed E-state index contributed by atoms with van der Waals surface area (Å²) in [4.78, 5) is 8.68. The van der Waals surface area contributed by atoms with E-state index in [4.69, 9.17) is 0 Å². The van der Waals surface area contributed by atoms with Crippen LogP contribution < -0.4 is 5.32 Å². The molecular weight excluding hydrogens is 324 g/mol. The van der Waals surface area contributed by atoms with Gasteiger partial charge in [0, 0.05) is 25.5 Å². The summed E-state index contributed by atoms with van der Waals surface area (Å²) in [6.45, 7) is 3.13. The lowest BCUT2D eigenvalue weighted by atomic mass is 9.92. The van der Waals surface area contributed by atoms with Gasteiger partial charge < -0.3 is 5.32 Å². The van der Waals surface area contributed by atoms with Crippen LogP contribution in [-0.4, -0.2) is 42.0 Å². The van der Waals surface area contributed by atoms with Gasteiger partial charge in [0.25, 0.3) is 0 Å². The standard InChI is InChI=1S/C17H22N4O2S/c1-13-5-3-8-19-17(13)20-16-11-14(7-9-18-16)15-6-4-10-21(12-15)24(2,22)23/h3,5,7-9,11,15H,4,6,10,12H2,1-2H3,(H,18,19,20). The second kappa shape index (κ2) is 6.86. The van der Waals surface area contributed by atoms with Gasteiger partial charge in [0.15, 0.2) is 0 Å². The maximum absolute atomic E-state index is 11.8. The van der Waals surface area contributed by atoms with Gasteiger partial charge in [-0.05, 0) is 55.0 Å². The van der Waals surface area contributed by atoms with Crippen molar-refractivity contribution >= 4 is 21.7 Å². The predicted octanol–water partition coefficient (Wildman–Crippen LogP) is 2.67. The number of sulfonamides is 1. The minimum atomic E-state index is -3.14. The fraction of sp³-hybridized carbons (Fsp3) is 0.412. The third-order valence-electron chi connectivity index (χ3n) is 4.36. The van der Waals surface area contributed by atoms with Crippen molar-refractivity contribution in [2.24, 2.45) is 0 Å². The fourth-order valence-corrected chi connectivity index (χ4v) is 3.93. The molecule has 1 N–H and O–H groups in total. The van der Waals surface area contributed by atoms with Crippen LogP contribution in [0.1, 0.15) is 29.9 Å². The number of piperidine rings is 1. The van der Waals surface area contributed by atoms with Crippen LogP contribution in [0.2, 0.25) is 0 Å². The molecule has 1 atom stereocenters. The highest BCUT2D eigenvalue weighted by Gasteiger charge is 2.27. The number of hydrogen-bond donors (Lipinski definition) is 1. The van der Waals surface area contributed by atoms with Crippen molar-refractivity contribution in [3.8, 4) is 0 Å². The van der Waals surface area contributed by atoms with Crippen LogP contribution in [-0.2, 0) is 10.0 Å². The minimum Gasteiger partial charge on any atom is -0.325 e. The third kappa shape index (κ3) is 3.91. The van der Waals surface area contributed by atoms with Crippen molar-refractivity contribution in [1.29, 1.82) is 0 Å². The molecule has 6 nitrogen and oxygen atoms in total. The summed E-state index contributed by atoms with van der Waals surface area (Å²) in [6.07, 6.45) is 6.64. The normalized spacial score (nSPS) is 19.2. The molecule has 0 radical (unpaired) electrons. The average molecular weight is 346 g/mol.